The van der Waals surface area contributed by atoms with E-state index in [1.165, 1.54) is 38.8 Å². The Morgan fingerprint density at radius 2 is 2.05 bits per heavy atom. The lowest BCUT2D eigenvalue weighted by Crippen LogP contribution is -2.54. The van der Waals surface area contributed by atoms with Crippen LogP contribution in [0.4, 0.5) is 0 Å². The van der Waals surface area contributed by atoms with E-state index in [4.69, 9.17) is 0 Å². The maximum Gasteiger partial charge on any atom is 0.237 e. The average Bonchev–Trinajstić information content (AvgIpc) is 2.86. The van der Waals surface area contributed by atoms with Crippen molar-refractivity contribution < 1.29 is 4.79 Å². The molecule has 3 aliphatic heterocycles. The summed E-state index contributed by atoms with van der Waals surface area (Å²) < 4.78 is 0. The SMILES string of the molecule is CC1CCCC(C(=O)NC2CCN3CCCC3C2)N1. The predicted octanol–water partition coefficient (Wildman–Crippen LogP) is 1.26. The van der Waals surface area contributed by atoms with Gasteiger partial charge in [-0.3, -0.25) is 4.79 Å². The number of fused-ring (bicyclic) bond motifs is 1. The van der Waals surface area contributed by atoms with Crippen molar-refractivity contribution in [1.29, 1.82) is 0 Å². The second-order valence-corrected chi connectivity index (χ2v) is 6.61. The Hall–Kier alpha value is -0.610. The molecule has 3 rings (SSSR count). The van der Waals surface area contributed by atoms with E-state index < -0.39 is 0 Å². The summed E-state index contributed by atoms with van der Waals surface area (Å²) in [5.74, 6) is 0.239. The number of nitrogens with zero attached hydrogens (tertiary/aromatic N) is 1. The molecule has 0 aromatic carbocycles. The van der Waals surface area contributed by atoms with Gasteiger partial charge in [0.15, 0.2) is 0 Å². The number of hydrogen-bond donors (Lipinski definition) is 2. The smallest absolute Gasteiger partial charge is 0.237 e. The second kappa shape index (κ2) is 5.80. The quantitative estimate of drug-likeness (QED) is 0.790. The number of nitrogens with one attached hydrogen (secondary N) is 2. The molecule has 0 aliphatic carbocycles. The third-order valence-electron chi connectivity index (χ3n) is 5.10. The molecule has 0 bridgehead atoms. The van der Waals surface area contributed by atoms with Crippen LogP contribution in [0.15, 0.2) is 0 Å². The molecular weight excluding hydrogens is 238 g/mol. The molecule has 3 aliphatic rings. The fraction of sp³-hybridized carbons (Fsp3) is 0.933. The van der Waals surface area contributed by atoms with Crippen LogP contribution in [0.2, 0.25) is 0 Å². The van der Waals surface area contributed by atoms with Gasteiger partial charge < -0.3 is 15.5 Å². The van der Waals surface area contributed by atoms with Gasteiger partial charge in [0.25, 0.3) is 0 Å². The van der Waals surface area contributed by atoms with E-state index in [0.717, 1.165) is 25.3 Å². The van der Waals surface area contributed by atoms with Crippen molar-refractivity contribution in [2.75, 3.05) is 13.1 Å². The summed E-state index contributed by atoms with van der Waals surface area (Å²) in [7, 11) is 0. The summed E-state index contributed by atoms with van der Waals surface area (Å²) in [6, 6.07) is 1.68. The van der Waals surface area contributed by atoms with Gasteiger partial charge in [-0.15, -0.1) is 0 Å². The molecule has 0 aromatic rings. The molecule has 3 fully saturated rings. The highest BCUT2D eigenvalue weighted by atomic mass is 16.2. The Kier molecular flexibility index (Phi) is 4.08. The lowest BCUT2D eigenvalue weighted by atomic mass is 9.95. The normalized spacial score (nSPS) is 39.8. The molecule has 4 heteroatoms. The predicted molar refractivity (Wildman–Crippen MR) is 76.0 cm³/mol. The third kappa shape index (κ3) is 3.11. The topological polar surface area (TPSA) is 44.4 Å². The lowest BCUT2D eigenvalue weighted by Gasteiger charge is -2.36. The minimum absolute atomic E-state index is 0.0466. The number of piperidine rings is 2. The summed E-state index contributed by atoms with van der Waals surface area (Å²) in [6.07, 6.45) is 8.33. The van der Waals surface area contributed by atoms with Gasteiger partial charge in [0.05, 0.1) is 6.04 Å². The number of amides is 1. The van der Waals surface area contributed by atoms with Crippen molar-refractivity contribution in [3.05, 3.63) is 0 Å². The number of carbonyl (C=O) groups excluding carboxylic acids is 1. The standard InChI is InChI=1S/C15H27N3O/c1-11-4-2-6-14(16-11)15(19)17-12-7-9-18-8-3-5-13(18)10-12/h11-14,16H,2-10H2,1H3,(H,17,19). The first-order chi connectivity index (χ1) is 9.22. The zero-order valence-electron chi connectivity index (χ0n) is 12.0. The van der Waals surface area contributed by atoms with Crippen molar-refractivity contribution in [2.24, 2.45) is 0 Å². The number of hydrogen-bond acceptors (Lipinski definition) is 3. The maximum atomic E-state index is 12.3. The minimum Gasteiger partial charge on any atom is -0.352 e. The van der Waals surface area contributed by atoms with Crippen LogP contribution < -0.4 is 10.6 Å². The summed E-state index contributed by atoms with van der Waals surface area (Å²) in [6.45, 7) is 4.62. The van der Waals surface area contributed by atoms with Gasteiger partial charge in [0, 0.05) is 24.7 Å². The highest BCUT2D eigenvalue weighted by Gasteiger charge is 2.33. The first-order valence-corrected chi connectivity index (χ1v) is 8.03. The summed E-state index contributed by atoms with van der Waals surface area (Å²) in [5, 5.41) is 6.72. The van der Waals surface area contributed by atoms with Crippen molar-refractivity contribution in [3.63, 3.8) is 0 Å². The van der Waals surface area contributed by atoms with Crippen LogP contribution in [0, 0.1) is 0 Å². The summed E-state index contributed by atoms with van der Waals surface area (Å²) >= 11 is 0. The van der Waals surface area contributed by atoms with Crippen LogP contribution >= 0.6 is 0 Å². The average molecular weight is 265 g/mol. The Morgan fingerprint density at radius 3 is 2.89 bits per heavy atom. The molecule has 19 heavy (non-hydrogen) atoms. The van der Waals surface area contributed by atoms with Crippen LogP contribution in [-0.4, -0.2) is 48.1 Å². The first kappa shape index (κ1) is 13.4. The molecule has 3 saturated heterocycles. The summed E-state index contributed by atoms with van der Waals surface area (Å²) in [5.41, 5.74) is 0. The maximum absolute atomic E-state index is 12.3. The van der Waals surface area contributed by atoms with E-state index in [0.29, 0.717) is 12.1 Å². The molecule has 0 aromatic heterocycles. The van der Waals surface area contributed by atoms with Crippen molar-refractivity contribution in [1.82, 2.24) is 15.5 Å². The zero-order chi connectivity index (χ0) is 13.2. The minimum atomic E-state index is 0.0466. The van der Waals surface area contributed by atoms with Crippen LogP contribution in [0.3, 0.4) is 0 Å². The second-order valence-electron chi connectivity index (χ2n) is 6.61. The van der Waals surface area contributed by atoms with Crippen LogP contribution in [0.25, 0.3) is 0 Å². The molecule has 4 nitrogen and oxygen atoms in total. The molecule has 0 spiro atoms. The number of carbonyl (C=O) groups is 1. The molecule has 1 amide bonds. The van der Waals surface area contributed by atoms with E-state index in [-0.39, 0.29) is 11.9 Å². The van der Waals surface area contributed by atoms with Crippen LogP contribution in [-0.2, 0) is 4.79 Å². The summed E-state index contributed by atoms with van der Waals surface area (Å²) in [4.78, 5) is 14.9. The van der Waals surface area contributed by atoms with Crippen LogP contribution in [0.5, 0.6) is 0 Å². The van der Waals surface area contributed by atoms with E-state index in [2.05, 4.69) is 22.5 Å². The van der Waals surface area contributed by atoms with Gasteiger partial charge in [-0.2, -0.15) is 0 Å². The van der Waals surface area contributed by atoms with E-state index in [1.54, 1.807) is 0 Å². The Morgan fingerprint density at radius 1 is 1.16 bits per heavy atom. The van der Waals surface area contributed by atoms with Crippen molar-refractivity contribution >= 4 is 5.91 Å². The van der Waals surface area contributed by atoms with Gasteiger partial charge in [-0.1, -0.05) is 0 Å². The Balaban J connectivity index is 1.49. The fourth-order valence-corrected chi connectivity index (χ4v) is 4.00. The van der Waals surface area contributed by atoms with Crippen LogP contribution in [0.1, 0.15) is 51.9 Å². The highest BCUT2D eigenvalue weighted by Crippen LogP contribution is 2.27. The third-order valence-corrected chi connectivity index (χ3v) is 5.10. The van der Waals surface area contributed by atoms with Gasteiger partial charge in [0.1, 0.15) is 0 Å². The molecule has 4 atom stereocenters. The molecular formula is C15H27N3O. The highest BCUT2D eigenvalue weighted by molar-refractivity contribution is 5.82. The lowest BCUT2D eigenvalue weighted by molar-refractivity contribution is -0.125. The van der Waals surface area contributed by atoms with Crippen molar-refractivity contribution in [2.45, 2.75) is 76.0 Å². The fourth-order valence-electron chi connectivity index (χ4n) is 4.00. The zero-order valence-corrected chi connectivity index (χ0v) is 12.0. The van der Waals surface area contributed by atoms with Gasteiger partial charge in [0.2, 0.25) is 5.91 Å². The van der Waals surface area contributed by atoms with Crippen molar-refractivity contribution in [3.8, 4) is 0 Å². The van der Waals surface area contributed by atoms with Gasteiger partial charge in [-0.05, 0) is 58.4 Å². The molecule has 0 radical (unpaired) electrons. The Labute approximate surface area is 116 Å². The molecule has 3 heterocycles. The monoisotopic (exact) mass is 265 g/mol. The van der Waals surface area contributed by atoms with Gasteiger partial charge in [-0.25, -0.2) is 0 Å². The number of rotatable bonds is 2. The molecule has 2 N–H and O–H groups in total. The molecule has 108 valence electrons. The van der Waals surface area contributed by atoms with E-state index in [9.17, 15) is 4.79 Å². The van der Waals surface area contributed by atoms with E-state index in [1.807, 2.05) is 0 Å². The molecule has 0 saturated carbocycles. The van der Waals surface area contributed by atoms with Gasteiger partial charge >= 0.3 is 0 Å². The van der Waals surface area contributed by atoms with E-state index >= 15 is 0 Å². The Bertz CT molecular complexity index is 333. The molecule has 4 unspecified atom stereocenters. The first-order valence-electron chi connectivity index (χ1n) is 8.03. The largest absolute Gasteiger partial charge is 0.352 e.